The van der Waals surface area contributed by atoms with E-state index in [-0.39, 0.29) is 0 Å². The van der Waals surface area contributed by atoms with Gasteiger partial charge in [0, 0.05) is 31.7 Å². The van der Waals surface area contributed by atoms with E-state index in [1.165, 1.54) is 4.90 Å². The molecule has 0 atom stereocenters. The molecule has 1 aromatic heterocycles. The second-order valence-electron chi connectivity index (χ2n) is 3.18. The minimum Gasteiger partial charge on any atom is -0.398 e. The standard InChI is InChI=1S/C7H10N2.C3H7NO/c1-5-6(2)9-4-3-7(5)8;1-4(2)3-5/h3-4H,1-2H3,(H2,8,9);3H,1-2H3. The van der Waals surface area contributed by atoms with Crippen molar-refractivity contribution < 1.29 is 4.79 Å². The first kappa shape index (κ1) is 12.4. The molecular formula is C10H17N3O. The molecule has 0 aliphatic rings. The van der Waals surface area contributed by atoms with Gasteiger partial charge in [0.05, 0.1) is 0 Å². The van der Waals surface area contributed by atoms with Crippen LogP contribution in [-0.2, 0) is 4.79 Å². The van der Waals surface area contributed by atoms with E-state index in [0.29, 0.717) is 0 Å². The predicted octanol–water partition coefficient (Wildman–Crippen LogP) is 0.985. The number of nitrogens with two attached hydrogens (primary N) is 1. The summed E-state index contributed by atoms with van der Waals surface area (Å²) in [5.41, 5.74) is 8.49. The van der Waals surface area contributed by atoms with Crippen molar-refractivity contribution in [2.24, 2.45) is 0 Å². The number of nitrogen functional groups attached to an aromatic ring is 1. The summed E-state index contributed by atoms with van der Waals surface area (Å²) < 4.78 is 0. The predicted molar refractivity (Wildman–Crippen MR) is 57.9 cm³/mol. The zero-order chi connectivity index (χ0) is 11.1. The van der Waals surface area contributed by atoms with Crippen molar-refractivity contribution in [2.45, 2.75) is 13.8 Å². The molecular weight excluding hydrogens is 178 g/mol. The molecule has 1 rings (SSSR count). The number of rotatable bonds is 1. The van der Waals surface area contributed by atoms with Gasteiger partial charge in [0.2, 0.25) is 6.41 Å². The van der Waals surface area contributed by atoms with Crippen LogP contribution in [0.15, 0.2) is 12.3 Å². The summed E-state index contributed by atoms with van der Waals surface area (Å²) in [7, 11) is 3.38. The van der Waals surface area contributed by atoms with Crippen LogP contribution in [0.4, 0.5) is 5.69 Å². The zero-order valence-electron chi connectivity index (χ0n) is 9.11. The molecule has 0 spiro atoms. The van der Waals surface area contributed by atoms with Crippen LogP contribution >= 0.6 is 0 Å². The van der Waals surface area contributed by atoms with Gasteiger partial charge in [0.1, 0.15) is 0 Å². The van der Waals surface area contributed by atoms with Gasteiger partial charge in [-0.1, -0.05) is 0 Å². The highest BCUT2D eigenvalue weighted by Gasteiger charge is 1.94. The summed E-state index contributed by atoms with van der Waals surface area (Å²) in [5, 5.41) is 0. The van der Waals surface area contributed by atoms with Gasteiger partial charge >= 0.3 is 0 Å². The Bertz CT molecular complexity index is 277. The van der Waals surface area contributed by atoms with Crippen LogP contribution in [0.3, 0.4) is 0 Å². The van der Waals surface area contributed by atoms with E-state index in [4.69, 9.17) is 5.73 Å². The fraction of sp³-hybridized carbons (Fsp3) is 0.400. The molecule has 0 radical (unpaired) electrons. The minimum absolute atomic E-state index is 0.750. The fourth-order valence-electron chi connectivity index (χ4n) is 0.660. The topological polar surface area (TPSA) is 59.2 Å². The van der Waals surface area contributed by atoms with E-state index in [9.17, 15) is 4.79 Å². The van der Waals surface area contributed by atoms with Crippen molar-refractivity contribution in [1.82, 2.24) is 9.88 Å². The lowest BCUT2D eigenvalue weighted by molar-refractivity contribution is -0.115. The molecule has 4 nitrogen and oxygen atoms in total. The SMILES string of the molecule is CN(C)C=O.Cc1nccc(N)c1C. The number of hydrogen-bond donors (Lipinski definition) is 1. The van der Waals surface area contributed by atoms with E-state index in [1.54, 1.807) is 20.3 Å². The van der Waals surface area contributed by atoms with E-state index in [2.05, 4.69) is 4.98 Å². The summed E-state index contributed by atoms with van der Waals surface area (Å²) in [5.74, 6) is 0. The maximum Gasteiger partial charge on any atom is 0.209 e. The Morgan fingerprint density at radius 1 is 1.43 bits per heavy atom. The van der Waals surface area contributed by atoms with Crippen LogP contribution in [-0.4, -0.2) is 30.4 Å². The van der Waals surface area contributed by atoms with Crippen LogP contribution in [0.25, 0.3) is 0 Å². The Balaban J connectivity index is 0.000000292. The summed E-state index contributed by atoms with van der Waals surface area (Å²) in [6, 6.07) is 1.81. The van der Waals surface area contributed by atoms with Crippen molar-refractivity contribution in [3.63, 3.8) is 0 Å². The molecule has 0 saturated heterocycles. The number of aromatic nitrogens is 1. The van der Waals surface area contributed by atoms with Crippen LogP contribution < -0.4 is 5.73 Å². The monoisotopic (exact) mass is 195 g/mol. The number of aryl methyl sites for hydroxylation is 1. The van der Waals surface area contributed by atoms with Crippen molar-refractivity contribution >= 4 is 12.1 Å². The molecule has 1 heterocycles. The molecule has 78 valence electrons. The summed E-state index contributed by atoms with van der Waals surface area (Å²) >= 11 is 0. The lowest BCUT2D eigenvalue weighted by atomic mass is 10.2. The van der Waals surface area contributed by atoms with Crippen LogP contribution in [0.2, 0.25) is 0 Å². The molecule has 4 heteroatoms. The summed E-state index contributed by atoms with van der Waals surface area (Å²) in [6.07, 6.45) is 2.47. The van der Waals surface area contributed by atoms with Crippen LogP contribution in [0.1, 0.15) is 11.3 Å². The van der Waals surface area contributed by atoms with Gasteiger partial charge in [-0.25, -0.2) is 0 Å². The van der Waals surface area contributed by atoms with Crippen molar-refractivity contribution in [3.8, 4) is 0 Å². The average molecular weight is 195 g/mol. The number of anilines is 1. The van der Waals surface area contributed by atoms with Gasteiger partial charge < -0.3 is 10.6 Å². The Morgan fingerprint density at radius 3 is 2.21 bits per heavy atom. The van der Waals surface area contributed by atoms with E-state index < -0.39 is 0 Å². The lowest BCUT2D eigenvalue weighted by Gasteiger charge is -1.99. The number of carbonyl (C=O) groups excluding carboxylic acids is 1. The van der Waals surface area contributed by atoms with Gasteiger partial charge in [-0.2, -0.15) is 0 Å². The number of nitrogens with zero attached hydrogens (tertiary/aromatic N) is 2. The molecule has 1 aromatic rings. The molecule has 0 saturated carbocycles. The van der Waals surface area contributed by atoms with E-state index in [0.717, 1.165) is 23.4 Å². The Kier molecular flexibility index (Phi) is 5.29. The Hall–Kier alpha value is -1.58. The second-order valence-corrected chi connectivity index (χ2v) is 3.18. The summed E-state index contributed by atoms with van der Waals surface area (Å²) in [4.78, 5) is 14.9. The summed E-state index contributed by atoms with van der Waals surface area (Å²) in [6.45, 7) is 3.92. The smallest absolute Gasteiger partial charge is 0.209 e. The number of amides is 1. The first-order chi connectivity index (χ1) is 6.49. The van der Waals surface area contributed by atoms with Gasteiger partial charge in [-0.15, -0.1) is 0 Å². The van der Waals surface area contributed by atoms with Crippen LogP contribution in [0.5, 0.6) is 0 Å². The molecule has 0 bridgehead atoms. The van der Waals surface area contributed by atoms with E-state index >= 15 is 0 Å². The highest BCUT2D eigenvalue weighted by Crippen LogP contribution is 2.10. The molecule has 0 aliphatic heterocycles. The van der Waals surface area contributed by atoms with Gasteiger partial charge in [-0.3, -0.25) is 9.78 Å². The van der Waals surface area contributed by atoms with Crippen molar-refractivity contribution in [1.29, 1.82) is 0 Å². The lowest BCUT2D eigenvalue weighted by Crippen LogP contribution is -2.06. The quantitative estimate of drug-likeness (QED) is 0.680. The first-order valence-corrected chi connectivity index (χ1v) is 4.28. The Labute approximate surface area is 84.7 Å². The van der Waals surface area contributed by atoms with Gasteiger partial charge in [-0.05, 0) is 25.5 Å². The zero-order valence-corrected chi connectivity index (χ0v) is 9.11. The molecule has 1 amide bonds. The maximum atomic E-state index is 9.43. The normalized spacial score (nSPS) is 8.57. The van der Waals surface area contributed by atoms with Gasteiger partial charge in [0.25, 0.3) is 0 Å². The van der Waals surface area contributed by atoms with Crippen molar-refractivity contribution in [3.05, 3.63) is 23.5 Å². The Morgan fingerprint density at radius 2 is 1.93 bits per heavy atom. The third-order valence-electron chi connectivity index (χ3n) is 1.71. The second kappa shape index (κ2) is 5.96. The highest BCUT2D eigenvalue weighted by atomic mass is 16.1. The maximum absolute atomic E-state index is 9.43. The number of hydrogen-bond acceptors (Lipinski definition) is 3. The van der Waals surface area contributed by atoms with Gasteiger partial charge in [0.15, 0.2) is 0 Å². The molecule has 0 aromatic carbocycles. The first-order valence-electron chi connectivity index (χ1n) is 4.28. The number of carbonyl (C=O) groups is 1. The molecule has 2 N–H and O–H groups in total. The molecule has 0 fully saturated rings. The average Bonchev–Trinajstić information content (AvgIpc) is 2.15. The molecule has 14 heavy (non-hydrogen) atoms. The highest BCUT2D eigenvalue weighted by molar-refractivity contribution is 5.46. The van der Waals surface area contributed by atoms with E-state index in [1.807, 2.05) is 19.9 Å². The molecule has 0 unspecified atom stereocenters. The fourth-order valence-corrected chi connectivity index (χ4v) is 0.660. The third kappa shape index (κ3) is 4.45. The number of pyridine rings is 1. The van der Waals surface area contributed by atoms with Crippen molar-refractivity contribution in [2.75, 3.05) is 19.8 Å². The third-order valence-corrected chi connectivity index (χ3v) is 1.71. The largest absolute Gasteiger partial charge is 0.398 e. The van der Waals surface area contributed by atoms with Crippen LogP contribution in [0, 0.1) is 13.8 Å². The molecule has 0 aliphatic carbocycles. The minimum atomic E-state index is 0.750.